The van der Waals surface area contributed by atoms with Gasteiger partial charge in [0.1, 0.15) is 0 Å². The SMILES string of the molecule is CC1(C)[C@H]2CC[C@]1(C)C(=O)N(c1ccc(S(=O)(=O)N3CCCCC3)cc1)C2=O. The molecule has 1 aliphatic carbocycles. The average Bonchev–Trinajstić information content (AvgIpc) is 2.86. The van der Waals surface area contributed by atoms with Gasteiger partial charge in [-0.15, -0.1) is 0 Å². The lowest BCUT2D eigenvalue weighted by Gasteiger charge is -2.47. The molecule has 3 fully saturated rings. The van der Waals surface area contributed by atoms with Crippen molar-refractivity contribution in [2.24, 2.45) is 16.7 Å². The number of amides is 2. The third kappa shape index (κ3) is 2.59. The van der Waals surface area contributed by atoms with Crippen molar-refractivity contribution in [1.29, 1.82) is 0 Å². The Morgan fingerprint density at radius 1 is 0.964 bits per heavy atom. The molecule has 2 saturated heterocycles. The molecular weight excluding hydrogens is 376 g/mol. The first-order valence-electron chi connectivity index (χ1n) is 10.1. The van der Waals surface area contributed by atoms with E-state index in [1.807, 2.05) is 20.8 Å². The van der Waals surface area contributed by atoms with Gasteiger partial charge in [-0.2, -0.15) is 4.31 Å². The molecule has 1 saturated carbocycles. The van der Waals surface area contributed by atoms with E-state index in [1.165, 1.54) is 21.3 Å². The average molecular weight is 405 g/mol. The summed E-state index contributed by atoms with van der Waals surface area (Å²) in [7, 11) is -3.53. The van der Waals surface area contributed by atoms with E-state index in [4.69, 9.17) is 0 Å². The number of imide groups is 1. The van der Waals surface area contributed by atoms with Crippen molar-refractivity contribution in [3.63, 3.8) is 0 Å². The molecule has 2 amide bonds. The molecule has 4 rings (SSSR count). The Balaban J connectivity index is 1.65. The fraction of sp³-hybridized carbons (Fsp3) is 0.619. The smallest absolute Gasteiger partial charge is 0.243 e. The lowest BCUT2D eigenvalue weighted by atomic mass is 9.62. The van der Waals surface area contributed by atoms with E-state index in [0.29, 0.717) is 31.6 Å². The van der Waals surface area contributed by atoms with E-state index in [9.17, 15) is 18.0 Å². The molecule has 0 aromatic heterocycles. The van der Waals surface area contributed by atoms with Crippen LogP contribution >= 0.6 is 0 Å². The van der Waals surface area contributed by atoms with Gasteiger partial charge in [-0.3, -0.25) is 9.59 Å². The maximum absolute atomic E-state index is 13.2. The minimum Gasteiger partial charge on any atom is -0.274 e. The number of carbonyl (C=O) groups is 2. The number of hydrogen-bond acceptors (Lipinski definition) is 4. The van der Waals surface area contributed by atoms with Gasteiger partial charge < -0.3 is 0 Å². The van der Waals surface area contributed by atoms with Crippen molar-refractivity contribution in [2.45, 2.75) is 57.8 Å². The quantitative estimate of drug-likeness (QED) is 0.725. The van der Waals surface area contributed by atoms with Crippen LogP contribution in [0.15, 0.2) is 29.2 Å². The predicted octanol–water partition coefficient (Wildman–Crippen LogP) is 3.18. The summed E-state index contributed by atoms with van der Waals surface area (Å²) in [5.74, 6) is -0.536. The van der Waals surface area contributed by atoms with Crippen molar-refractivity contribution in [2.75, 3.05) is 18.0 Å². The maximum Gasteiger partial charge on any atom is 0.243 e. The highest BCUT2D eigenvalue weighted by molar-refractivity contribution is 7.89. The number of piperidine rings is 2. The molecule has 152 valence electrons. The van der Waals surface area contributed by atoms with Crippen LogP contribution in [-0.4, -0.2) is 37.6 Å². The van der Waals surface area contributed by atoms with Crippen molar-refractivity contribution in [3.05, 3.63) is 24.3 Å². The second-order valence-corrected chi connectivity index (χ2v) is 11.0. The summed E-state index contributed by atoms with van der Waals surface area (Å²) in [6.45, 7) is 7.05. The molecule has 0 N–H and O–H groups in total. The first-order chi connectivity index (χ1) is 13.1. The third-order valence-corrected chi connectivity index (χ3v) is 9.38. The number of nitrogens with zero attached hydrogens (tertiary/aromatic N) is 2. The molecule has 2 aliphatic heterocycles. The molecule has 2 heterocycles. The Kier molecular flexibility index (Phi) is 4.47. The van der Waals surface area contributed by atoms with E-state index in [0.717, 1.165) is 19.3 Å². The number of rotatable bonds is 3. The Labute approximate surface area is 166 Å². The maximum atomic E-state index is 13.2. The summed E-state index contributed by atoms with van der Waals surface area (Å²) >= 11 is 0. The first kappa shape index (κ1) is 19.6. The minimum atomic E-state index is -3.53. The van der Waals surface area contributed by atoms with Crippen LogP contribution in [0.25, 0.3) is 0 Å². The summed E-state index contributed by atoms with van der Waals surface area (Å²) in [5.41, 5.74) is -0.486. The molecule has 2 atom stereocenters. The Morgan fingerprint density at radius 3 is 2.18 bits per heavy atom. The van der Waals surface area contributed by atoms with Gasteiger partial charge in [0, 0.05) is 19.0 Å². The fourth-order valence-corrected chi connectivity index (χ4v) is 6.60. The standard InChI is InChI=1S/C21H28N2O4S/c1-20(2)17-11-12-21(20,3)19(25)23(18(17)24)15-7-9-16(10-8-15)28(26,27)22-13-5-4-6-14-22/h7-10,17H,4-6,11-14H2,1-3H3/t17-,21+/m0/s1. The molecule has 1 aromatic carbocycles. The van der Waals surface area contributed by atoms with Crippen LogP contribution in [0.2, 0.25) is 0 Å². The lowest BCUT2D eigenvalue weighted by molar-refractivity contribution is -0.146. The third-order valence-electron chi connectivity index (χ3n) is 7.47. The van der Waals surface area contributed by atoms with Crippen molar-refractivity contribution in [3.8, 4) is 0 Å². The van der Waals surface area contributed by atoms with E-state index >= 15 is 0 Å². The predicted molar refractivity (Wildman–Crippen MR) is 106 cm³/mol. The van der Waals surface area contributed by atoms with Crippen LogP contribution in [-0.2, 0) is 19.6 Å². The highest BCUT2D eigenvalue weighted by atomic mass is 32.2. The number of carbonyl (C=O) groups excluding carboxylic acids is 2. The molecule has 7 heteroatoms. The summed E-state index contributed by atoms with van der Waals surface area (Å²) in [4.78, 5) is 27.8. The number of hydrogen-bond donors (Lipinski definition) is 0. The molecule has 2 bridgehead atoms. The summed E-state index contributed by atoms with van der Waals surface area (Å²) in [5, 5.41) is 0. The van der Waals surface area contributed by atoms with Gasteiger partial charge in [0.25, 0.3) is 0 Å². The molecule has 6 nitrogen and oxygen atoms in total. The molecule has 1 aromatic rings. The van der Waals surface area contributed by atoms with E-state index in [-0.39, 0.29) is 28.0 Å². The zero-order chi connectivity index (χ0) is 20.3. The van der Waals surface area contributed by atoms with Crippen LogP contribution in [0.4, 0.5) is 5.69 Å². The zero-order valence-electron chi connectivity index (χ0n) is 16.8. The topological polar surface area (TPSA) is 74.8 Å². The van der Waals surface area contributed by atoms with Gasteiger partial charge in [-0.1, -0.05) is 27.2 Å². The van der Waals surface area contributed by atoms with Crippen LogP contribution in [0.5, 0.6) is 0 Å². The Morgan fingerprint density at radius 2 is 1.57 bits per heavy atom. The van der Waals surface area contributed by atoms with E-state index in [1.54, 1.807) is 12.1 Å². The van der Waals surface area contributed by atoms with Gasteiger partial charge >= 0.3 is 0 Å². The van der Waals surface area contributed by atoms with E-state index < -0.39 is 15.4 Å². The molecular formula is C21H28N2O4S. The molecule has 3 aliphatic rings. The second kappa shape index (κ2) is 6.39. The number of anilines is 1. The summed E-state index contributed by atoms with van der Waals surface area (Å²) < 4.78 is 27.2. The fourth-order valence-electron chi connectivity index (χ4n) is 5.08. The van der Waals surface area contributed by atoms with Crippen molar-refractivity contribution >= 4 is 27.5 Å². The van der Waals surface area contributed by atoms with Gasteiger partial charge in [-0.25, -0.2) is 13.3 Å². The number of fused-ring (bicyclic) bond motifs is 2. The van der Waals surface area contributed by atoms with Crippen molar-refractivity contribution in [1.82, 2.24) is 4.31 Å². The normalized spacial score (nSPS) is 30.7. The number of benzene rings is 1. The van der Waals surface area contributed by atoms with Crippen LogP contribution < -0.4 is 4.90 Å². The highest BCUT2D eigenvalue weighted by Crippen LogP contribution is 2.60. The van der Waals surface area contributed by atoms with Crippen molar-refractivity contribution < 1.29 is 18.0 Å². The van der Waals surface area contributed by atoms with E-state index in [2.05, 4.69) is 0 Å². The van der Waals surface area contributed by atoms with Gasteiger partial charge in [0.2, 0.25) is 21.8 Å². The summed E-state index contributed by atoms with van der Waals surface area (Å²) in [6.07, 6.45) is 4.23. The summed E-state index contributed by atoms with van der Waals surface area (Å²) in [6, 6.07) is 6.22. The van der Waals surface area contributed by atoms with Crippen LogP contribution in [0.1, 0.15) is 52.9 Å². The minimum absolute atomic E-state index is 0.170. The highest BCUT2D eigenvalue weighted by Gasteiger charge is 2.64. The molecule has 0 radical (unpaired) electrons. The van der Waals surface area contributed by atoms with Gasteiger partial charge in [0.15, 0.2) is 0 Å². The van der Waals surface area contributed by atoms with Gasteiger partial charge in [0.05, 0.1) is 16.0 Å². The zero-order valence-corrected chi connectivity index (χ0v) is 17.6. The Hall–Kier alpha value is -1.73. The monoisotopic (exact) mass is 404 g/mol. The van der Waals surface area contributed by atoms with Crippen LogP contribution in [0, 0.1) is 16.7 Å². The largest absolute Gasteiger partial charge is 0.274 e. The lowest BCUT2D eigenvalue weighted by Crippen LogP contribution is -2.59. The molecule has 28 heavy (non-hydrogen) atoms. The van der Waals surface area contributed by atoms with Crippen LogP contribution in [0.3, 0.4) is 0 Å². The molecule has 0 unspecified atom stereocenters. The number of sulfonamides is 1. The van der Waals surface area contributed by atoms with Gasteiger partial charge in [-0.05, 0) is 55.4 Å². The Bertz CT molecular complexity index is 916. The first-order valence-corrected chi connectivity index (χ1v) is 11.5. The molecule has 0 spiro atoms. The second-order valence-electron chi connectivity index (χ2n) is 9.08.